The number of carboxylic acids is 1. The van der Waals surface area contributed by atoms with Crippen molar-refractivity contribution in [3.8, 4) is 23.7 Å². The third-order valence-electron chi connectivity index (χ3n) is 12.6. The molecular weight excluding hydrogens is 1360 g/mol. The van der Waals surface area contributed by atoms with Crippen molar-refractivity contribution in [1.29, 1.82) is 0 Å². The zero-order valence-electron chi connectivity index (χ0n) is 48.1. The number of esters is 1. The first-order valence-electron chi connectivity index (χ1n) is 26.2. The minimum atomic E-state index is -4.97. The number of carbonyl (C=O) groups is 7. The first-order valence-corrected chi connectivity index (χ1v) is 31.7. The van der Waals surface area contributed by atoms with Crippen molar-refractivity contribution in [3.05, 3.63) is 220 Å². The normalized spacial score (nSPS) is 11.6. The second-order valence-corrected chi connectivity index (χ2v) is 24.6. The monoisotopic (exact) mass is 1410 g/mol. The number of nitrogens with zero attached hydrogens (tertiary/aromatic N) is 2. The summed E-state index contributed by atoms with van der Waals surface area (Å²) in [6, 6.07) is 43.7. The van der Waals surface area contributed by atoms with E-state index < -0.39 is 88.4 Å². The summed E-state index contributed by atoms with van der Waals surface area (Å²) in [5, 5.41) is 12.2. The molecule has 0 saturated carbocycles. The topological polar surface area (TPSA) is 314 Å². The van der Waals surface area contributed by atoms with Gasteiger partial charge < -0.3 is 34.8 Å². The minimum Gasteiger partial charge on any atom is -0.744 e. The molecule has 0 bridgehead atoms. The predicted octanol–water partition coefficient (Wildman–Crippen LogP) is 6.19. The van der Waals surface area contributed by atoms with Gasteiger partial charge in [0, 0.05) is 70.0 Å². The number of ether oxygens (including phenoxy) is 1. The molecule has 0 spiro atoms. The van der Waals surface area contributed by atoms with Crippen LogP contribution >= 0.6 is 22.3 Å². The Labute approximate surface area is 592 Å². The SMILES string of the molecule is C.C.COC(=O)COS(=O)(=O)c1ccc(C(=O)NCCC(=O)N2Cc3ccccc3C#Cc3ccccc32)cc1.O=C(CCNC(=O)C(F)(F)F)N1Cc2ccccc2C#Cc2ccccc21.O=C(Cl)c1ccc(S(=O)(=O)Cl)cc1.O=C(O)c1ccc(S(=O)(=O)[O-])cc1.[K+]. The number of carboxylic acid groups (broad SMARTS) is 1. The molecule has 2 heterocycles. The molecule has 2 aliphatic rings. The fourth-order valence-electron chi connectivity index (χ4n) is 7.99. The van der Waals surface area contributed by atoms with E-state index in [9.17, 15) is 76.5 Å². The van der Waals surface area contributed by atoms with E-state index in [1.807, 2.05) is 72.8 Å². The van der Waals surface area contributed by atoms with Crippen LogP contribution in [0.15, 0.2) is 185 Å². The average Bonchev–Trinajstić information content (AvgIpc) is 0.823. The fraction of sp³-hybridized carbons (Fsp3) is 0.172. The number of alkyl halides is 3. The van der Waals surface area contributed by atoms with Crippen molar-refractivity contribution in [2.24, 2.45) is 0 Å². The number of para-hydroxylation sites is 2. The van der Waals surface area contributed by atoms with Crippen LogP contribution in [0.4, 0.5) is 24.5 Å². The number of amides is 4. The molecule has 0 radical (unpaired) electrons. The Morgan fingerprint density at radius 3 is 1.36 bits per heavy atom. The fourth-order valence-corrected chi connectivity index (χ4v) is 10.2. The van der Waals surface area contributed by atoms with Crippen molar-refractivity contribution >= 4 is 104 Å². The zero-order chi connectivity index (χ0) is 66.7. The van der Waals surface area contributed by atoms with Crippen LogP contribution in [-0.2, 0) is 70.5 Å². The van der Waals surface area contributed by atoms with E-state index in [-0.39, 0.29) is 125 Å². The number of rotatable bonds is 15. The van der Waals surface area contributed by atoms with E-state index in [1.54, 1.807) is 34.5 Å². The van der Waals surface area contributed by atoms with Crippen molar-refractivity contribution < 1.29 is 142 Å². The summed E-state index contributed by atoms with van der Waals surface area (Å²) in [5.74, 6) is 7.33. The third-order valence-corrected chi connectivity index (χ3v) is 16.3. The summed E-state index contributed by atoms with van der Waals surface area (Å²) >= 11 is 5.15. The van der Waals surface area contributed by atoms with Crippen molar-refractivity contribution in [3.63, 3.8) is 0 Å². The largest absolute Gasteiger partial charge is 1.00 e. The average molecular weight is 1420 g/mol. The van der Waals surface area contributed by atoms with Gasteiger partial charge in [0.2, 0.25) is 11.8 Å². The summed E-state index contributed by atoms with van der Waals surface area (Å²) in [6.07, 6.45) is -5.18. The van der Waals surface area contributed by atoms with Crippen LogP contribution in [0.3, 0.4) is 0 Å². The molecule has 4 amide bonds. The van der Waals surface area contributed by atoms with E-state index in [2.05, 4.69) is 37.9 Å². The van der Waals surface area contributed by atoms with Crippen LogP contribution in [0.25, 0.3) is 0 Å². The van der Waals surface area contributed by atoms with Crippen LogP contribution < -0.4 is 71.8 Å². The van der Waals surface area contributed by atoms with E-state index >= 15 is 0 Å². The maximum Gasteiger partial charge on any atom is 1.00 e. The summed E-state index contributed by atoms with van der Waals surface area (Å²) < 4.78 is 123. The molecule has 30 heteroatoms. The van der Waals surface area contributed by atoms with Crippen LogP contribution in [0.2, 0.25) is 0 Å². The number of fused-ring (bicyclic) bond motifs is 4. The molecule has 0 aliphatic carbocycles. The third kappa shape index (κ3) is 23.7. The van der Waals surface area contributed by atoms with Crippen molar-refractivity contribution in [2.45, 2.75) is 61.6 Å². The number of hydrogen-bond acceptors (Lipinski definition) is 16. The van der Waals surface area contributed by atoms with Gasteiger partial charge in [0.15, 0.2) is 6.61 Å². The number of carbonyl (C=O) groups excluding carboxylic acids is 6. The Bertz CT molecular complexity index is 4310. The van der Waals surface area contributed by atoms with Gasteiger partial charge in [0.25, 0.3) is 30.3 Å². The smallest absolute Gasteiger partial charge is 0.744 e. The van der Waals surface area contributed by atoms with E-state index in [1.165, 1.54) is 53.4 Å². The molecule has 3 N–H and O–H groups in total. The Kier molecular flexibility index (Phi) is 31.2. The molecule has 2 aliphatic heterocycles. The minimum absolute atomic E-state index is 0. The Balaban J connectivity index is 0.000000357. The van der Waals surface area contributed by atoms with Crippen LogP contribution in [-0.4, -0.2) is 109 Å². The molecule has 7 aromatic carbocycles. The predicted molar refractivity (Wildman–Crippen MR) is 337 cm³/mol. The molecule has 0 saturated heterocycles. The molecule has 0 unspecified atom stereocenters. The molecule has 21 nitrogen and oxygen atoms in total. The second kappa shape index (κ2) is 36.6. The van der Waals surface area contributed by atoms with Gasteiger partial charge in [-0.3, -0.25) is 28.2 Å². The summed E-state index contributed by atoms with van der Waals surface area (Å²) in [7, 11) is -6.25. The Morgan fingerprint density at radius 2 is 0.947 bits per heavy atom. The van der Waals surface area contributed by atoms with E-state index in [0.717, 1.165) is 59.2 Å². The molecule has 7 aromatic rings. The number of nitrogens with one attached hydrogen (secondary N) is 2. The van der Waals surface area contributed by atoms with Crippen molar-refractivity contribution in [2.75, 3.05) is 36.6 Å². The van der Waals surface area contributed by atoms with Crippen molar-refractivity contribution in [1.82, 2.24) is 10.6 Å². The van der Waals surface area contributed by atoms with Gasteiger partial charge in [-0.15, -0.1) is 0 Å². The number of methoxy groups -OCH3 is 1. The first-order chi connectivity index (χ1) is 43.0. The number of anilines is 2. The van der Waals surface area contributed by atoms with Gasteiger partial charge in [0.1, 0.15) is 10.1 Å². The van der Waals surface area contributed by atoms with E-state index in [4.69, 9.17) is 27.4 Å². The molecular formula is C64H56Cl2F3KN4O17S3. The molecule has 0 fully saturated rings. The van der Waals surface area contributed by atoms with Crippen LogP contribution in [0.5, 0.6) is 0 Å². The van der Waals surface area contributed by atoms with Gasteiger partial charge in [-0.1, -0.05) is 99.2 Å². The standard InChI is InChI=1S/C28H24N2O7S.C20H15F3N2O2.C7H4Cl2O3S.C7H6O5S.2CH4.K/c1-36-27(32)19-37-38(34,35)24-14-12-22(13-15-24)28(33)29-17-16-26(31)30-18-23-8-3-2-6-20(23)10-11-21-7-4-5-9-25(21)30;21-20(22,23)19(27)24-12-11-18(26)25-13-16-7-2-1-5-14(16)9-10-15-6-3-4-8-17(15)25;8-7(10)5-1-3-6(4-2-5)13(9,11)12;8-7(9)5-1-3-6(4-2-5)13(10,11)12;;;/h2-9,12-15H,16-19H2,1H3,(H,29,33);1-8H,11-13H2,(H,24,27);1-4H;1-4H,(H,8,9)(H,10,11,12);2*1H4;/q;;;;;;+1/p-1. The first kappa shape index (κ1) is 80.2. The number of halogens is 5. The number of benzene rings is 7. The Morgan fingerprint density at radius 1 is 0.564 bits per heavy atom. The molecule has 0 atom stereocenters. The van der Waals surface area contributed by atoms with Crippen LogP contribution in [0, 0.1) is 23.7 Å². The Hall–Kier alpha value is -8.07. The summed E-state index contributed by atoms with van der Waals surface area (Å²) in [6.45, 7) is -0.486. The molecule has 94 heavy (non-hydrogen) atoms. The molecule has 488 valence electrons. The maximum absolute atomic E-state index is 13.3. The van der Waals surface area contributed by atoms with Gasteiger partial charge in [-0.2, -0.15) is 21.6 Å². The maximum atomic E-state index is 13.3. The quantitative estimate of drug-likeness (QED) is 0.0257. The van der Waals surface area contributed by atoms with Gasteiger partial charge in [-0.05, 0) is 132 Å². The van der Waals surface area contributed by atoms with Crippen LogP contribution in [0.1, 0.15) is 92.1 Å². The molecule has 0 aromatic heterocycles. The van der Waals surface area contributed by atoms with Gasteiger partial charge >= 0.3 is 75.4 Å². The number of aromatic carboxylic acids is 1. The van der Waals surface area contributed by atoms with Gasteiger partial charge in [-0.25, -0.2) is 26.4 Å². The number of hydrogen-bond donors (Lipinski definition) is 3. The second-order valence-electron chi connectivity index (χ2n) is 18.7. The summed E-state index contributed by atoms with van der Waals surface area (Å²) in [5.41, 5.74) is 6.46. The van der Waals surface area contributed by atoms with E-state index in [0.29, 0.717) is 23.5 Å². The summed E-state index contributed by atoms with van der Waals surface area (Å²) in [4.78, 5) is 84.0. The zero-order valence-corrected chi connectivity index (χ0v) is 55.2. The van der Waals surface area contributed by atoms with Gasteiger partial charge in [0.05, 0.1) is 51.8 Å². The molecule has 9 rings (SSSR count).